The lowest BCUT2D eigenvalue weighted by Gasteiger charge is -2.26. The normalized spacial score (nSPS) is 24.1. The summed E-state index contributed by atoms with van der Waals surface area (Å²) in [5.74, 6) is -0.239. The van der Waals surface area contributed by atoms with E-state index in [4.69, 9.17) is 14.5 Å². The van der Waals surface area contributed by atoms with Gasteiger partial charge < -0.3 is 9.84 Å². The van der Waals surface area contributed by atoms with Crippen LogP contribution in [0.15, 0.2) is 0 Å². The van der Waals surface area contributed by atoms with Gasteiger partial charge >= 0.3 is 5.97 Å². The van der Waals surface area contributed by atoms with Crippen molar-refractivity contribution in [3.63, 3.8) is 0 Å². The molecule has 0 bridgehead atoms. The minimum atomic E-state index is -0.469. The van der Waals surface area contributed by atoms with Gasteiger partial charge in [-0.3, -0.25) is 9.69 Å². The molecule has 0 amide bonds. The highest BCUT2D eigenvalue weighted by Gasteiger charge is 2.39. The molecule has 6 nitrogen and oxygen atoms in total. The number of nitrogens with zero attached hydrogens (tertiary/aromatic N) is 1. The van der Waals surface area contributed by atoms with Crippen LogP contribution in [-0.4, -0.2) is 61.0 Å². The second-order valence-electron chi connectivity index (χ2n) is 6.37. The molecule has 0 aliphatic carbocycles. The fourth-order valence-corrected chi connectivity index (χ4v) is 2.26. The topological polar surface area (TPSA) is 68.2 Å². The number of aliphatic hydroxyl groups is 1. The van der Waals surface area contributed by atoms with E-state index < -0.39 is 5.60 Å². The van der Waals surface area contributed by atoms with E-state index in [0.717, 1.165) is 13.0 Å². The average molecular weight is 289 g/mol. The molecule has 118 valence electrons. The molecule has 0 aromatic rings. The van der Waals surface area contributed by atoms with Crippen LogP contribution < -0.4 is 0 Å². The molecule has 1 aliphatic heterocycles. The third-order valence-corrected chi connectivity index (χ3v) is 3.19. The minimum Gasteiger partial charge on any atom is -0.459 e. The van der Waals surface area contributed by atoms with Crippen molar-refractivity contribution in [2.45, 2.75) is 39.7 Å². The Morgan fingerprint density at radius 1 is 1.35 bits per heavy atom. The Labute approximate surface area is 120 Å². The maximum absolute atomic E-state index is 11.8. The predicted molar refractivity (Wildman–Crippen MR) is 74.0 cm³/mol. The average Bonchev–Trinajstić information content (AvgIpc) is 2.71. The van der Waals surface area contributed by atoms with E-state index >= 15 is 0 Å². The summed E-state index contributed by atoms with van der Waals surface area (Å²) >= 11 is 0. The Balaban J connectivity index is 2.42. The molecule has 0 saturated carbocycles. The highest BCUT2D eigenvalue weighted by atomic mass is 17.2. The van der Waals surface area contributed by atoms with Crippen molar-refractivity contribution in [2.24, 2.45) is 5.41 Å². The van der Waals surface area contributed by atoms with Crippen molar-refractivity contribution >= 4 is 5.97 Å². The van der Waals surface area contributed by atoms with Crippen LogP contribution in [0.4, 0.5) is 0 Å². The summed E-state index contributed by atoms with van der Waals surface area (Å²) in [6, 6.07) is 0. The first-order chi connectivity index (χ1) is 9.30. The van der Waals surface area contributed by atoms with E-state index in [1.165, 1.54) is 0 Å². The zero-order chi connectivity index (χ0) is 15.2. The maximum Gasteiger partial charge on any atom is 0.320 e. The van der Waals surface area contributed by atoms with Crippen LogP contribution in [0.25, 0.3) is 0 Å². The molecule has 0 radical (unpaired) electrons. The van der Waals surface area contributed by atoms with Crippen LogP contribution in [0.3, 0.4) is 0 Å². The molecule has 1 unspecified atom stereocenters. The third kappa shape index (κ3) is 5.75. The Kier molecular flexibility index (Phi) is 6.39. The summed E-state index contributed by atoms with van der Waals surface area (Å²) < 4.78 is 5.30. The number of carbonyl (C=O) groups excluding carboxylic acids is 1. The fraction of sp³-hybridized carbons (Fsp3) is 0.929. The molecule has 1 fully saturated rings. The van der Waals surface area contributed by atoms with Gasteiger partial charge in [0.05, 0.1) is 26.4 Å². The first kappa shape index (κ1) is 17.4. The third-order valence-electron chi connectivity index (χ3n) is 3.19. The Morgan fingerprint density at radius 3 is 2.60 bits per heavy atom. The number of hydrogen-bond acceptors (Lipinski definition) is 6. The standard InChI is InChI=1S/C14H27NO5/c1-5-18-19-11-14(10-16)6-7-15(9-14)8-12(17)20-13(2,3)4/h16H,5-11H2,1-4H3. The molecule has 1 atom stereocenters. The molecule has 20 heavy (non-hydrogen) atoms. The van der Waals surface area contributed by atoms with Gasteiger partial charge in [0.2, 0.25) is 0 Å². The smallest absolute Gasteiger partial charge is 0.320 e. The van der Waals surface area contributed by atoms with E-state index in [2.05, 4.69) is 0 Å². The predicted octanol–water partition coefficient (Wildman–Crippen LogP) is 0.981. The van der Waals surface area contributed by atoms with Crippen LogP contribution in [0.5, 0.6) is 0 Å². The van der Waals surface area contributed by atoms with Gasteiger partial charge in [-0.1, -0.05) is 0 Å². The summed E-state index contributed by atoms with van der Waals surface area (Å²) in [5, 5.41) is 9.58. The Bertz CT molecular complexity index is 315. The van der Waals surface area contributed by atoms with Gasteiger partial charge in [-0.05, 0) is 40.7 Å². The number of likely N-dealkylation sites (tertiary alicyclic amines) is 1. The molecule has 6 heteroatoms. The second kappa shape index (κ2) is 7.36. The van der Waals surface area contributed by atoms with E-state index in [1.807, 2.05) is 32.6 Å². The van der Waals surface area contributed by atoms with E-state index in [-0.39, 0.29) is 24.5 Å². The largest absolute Gasteiger partial charge is 0.459 e. The molecule has 1 aliphatic rings. The van der Waals surface area contributed by atoms with Crippen LogP contribution in [0.2, 0.25) is 0 Å². The second-order valence-corrected chi connectivity index (χ2v) is 6.37. The quantitative estimate of drug-likeness (QED) is 0.326. The van der Waals surface area contributed by atoms with Gasteiger partial charge in [0, 0.05) is 12.0 Å². The molecular weight excluding hydrogens is 262 g/mol. The van der Waals surface area contributed by atoms with Gasteiger partial charge in [-0.2, -0.15) is 0 Å². The molecule has 0 aromatic heterocycles. The number of aliphatic hydroxyl groups excluding tert-OH is 1. The fourth-order valence-electron chi connectivity index (χ4n) is 2.26. The van der Waals surface area contributed by atoms with Crippen LogP contribution in [0, 0.1) is 5.41 Å². The van der Waals surface area contributed by atoms with Gasteiger partial charge in [0.15, 0.2) is 0 Å². The Hall–Kier alpha value is -0.690. The molecule has 0 aromatic carbocycles. The zero-order valence-corrected chi connectivity index (χ0v) is 13.0. The van der Waals surface area contributed by atoms with Crippen molar-refractivity contribution in [1.82, 2.24) is 4.90 Å². The Morgan fingerprint density at radius 2 is 2.05 bits per heavy atom. The zero-order valence-electron chi connectivity index (χ0n) is 13.0. The van der Waals surface area contributed by atoms with E-state index in [1.54, 1.807) is 0 Å². The molecule has 1 heterocycles. The van der Waals surface area contributed by atoms with E-state index in [0.29, 0.717) is 19.8 Å². The summed E-state index contributed by atoms with van der Waals surface area (Å²) in [5.41, 5.74) is -0.819. The SMILES string of the molecule is CCOOCC1(CO)CCN(CC(=O)OC(C)(C)C)C1. The number of carbonyl (C=O) groups is 1. The van der Waals surface area contributed by atoms with Crippen LogP contribution in [0.1, 0.15) is 34.1 Å². The van der Waals surface area contributed by atoms with Gasteiger partial charge in [0.1, 0.15) is 5.60 Å². The minimum absolute atomic E-state index is 0.0187. The van der Waals surface area contributed by atoms with Crippen LogP contribution >= 0.6 is 0 Å². The molecule has 1 N–H and O–H groups in total. The van der Waals surface area contributed by atoms with Gasteiger partial charge in [-0.15, -0.1) is 0 Å². The van der Waals surface area contributed by atoms with Crippen LogP contribution in [-0.2, 0) is 19.3 Å². The first-order valence-electron chi connectivity index (χ1n) is 7.10. The molecule has 0 spiro atoms. The van der Waals surface area contributed by atoms with E-state index in [9.17, 15) is 9.90 Å². The van der Waals surface area contributed by atoms with Crippen molar-refractivity contribution < 1.29 is 24.4 Å². The first-order valence-corrected chi connectivity index (χ1v) is 7.10. The highest BCUT2D eigenvalue weighted by molar-refractivity contribution is 5.72. The van der Waals surface area contributed by atoms with Crippen molar-refractivity contribution in [3.05, 3.63) is 0 Å². The van der Waals surface area contributed by atoms with Crippen molar-refractivity contribution in [1.29, 1.82) is 0 Å². The summed E-state index contributed by atoms with van der Waals surface area (Å²) in [4.78, 5) is 23.8. The highest BCUT2D eigenvalue weighted by Crippen LogP contribution is 2.30. The molecular formula is C14H27NO5. The number of rotatable bonds is 7. The monoisotopic (exact) mass is 289 g/mol. The molecule has 1 saturated heterocycles. The number of esters is 1. The lowest BCUT2D eigenvalue weighted by Crippen LogP contribution is -2.38. The van der Waals surface area contributed by atoms with Gasteiger partial charge in [-0.25, -0.2) is 9.78 Å². The van der Waals surface area contributed by atoms with Gasteiger partial charge in [0.25, 0.3) is 0 Å². The summed E-state index contributed by atoms with van der Waals surface area (Å²) in [7, 11) is 0. The van der Waals surface area contributed by atoms with Crippen molar-refractivity contribution in [2.75, 3.05) is 39.5 Å². The lowest BCUT2D eigenvalue weighted by atomic mass is 9.89. The summed E-state index contributed by atoms with van der Waals surface area (Å²) in [6.07, 6.45) is 0.777. The maximum atomic E-state index is 11.8. The number of hydrogen-bond donors (Lipinski definition) is 1. The molecule has 1 rings (SSSR count). The number of ether oxygens (including phenoxy) is 1. The summed E-state index contributed by atoms with van der Waals surface area (Å²) in [6.45, 7) is 9.82. The van der Waals surface area contributed by atoms with Crippen molar-refractivity contribution in [3.8, 4) is 0 Å². The lowest BCUT2D eigenvalue weighted by molar-refractivity contribution is -0.308.